The predicted octanol–water partition coefficient (Wildman–Crippen LogP) is 8.02. The van der Waals surface area contributed by atoms with Crippen LogP contribution in [0, 0.1) is 12.8 Å². The number of carbonyl (C=O) groups excluding carboxylic acids is 2. The Hall–Kier alpha value is -3.77. The van der Waals surface area contributed by atoms with Crippen molar-refractivity contribution in [1.29, 1.82) is 0 Å². The summed E-state index contributed by atoms with van der Waals surface area (Å²) < 4.78 is 12.9. The summed E-state index contributed by atoms with van der Waals surface area (Å²) in [6.07, 6.45) is -0.135. The number of ether oxygens (including phenoxy) is 2. The topological polar surface area (TPSA) is 69.6 Å². The highest BCUT2D eigenvalue weighted by Crippen LogP contribution is 2.33. The quantitative estimate of drug-likeness (QED) is 0.187. The maximum absolute atomic E-state index is 13.3. The van der Waals surface area contributed by atoms with Crippen LogP contribution >= 0.6 is 11.6 Å². The Bertz CT molecular complexity index is 1610. The summed E-state index contributed by atoms with van der Waals surface area (Å²) in [5.41, 5.74) is 7.42. The van der Waals surface area contributed by atoms with E-state index >= 15 is 0 Å². The Balaban J connectivity index is 1.60. The molecule has 0 aliphatic rings. The van der Waals surface area contributed by atoms with Gasteiger partial charge in [0.25, 0.3) is 5.91 Å². The third-order valence-electron chi connectivity index (χ3n) is 7.75. The number of amides is 1. The number of carbonyl (C=O) groups is 2. The number of methoxy groups -OCH3 is 1. The summed E-state index contributed by atoms with van der Waals surface area (Å²) in [6.45, 7) is 16.0. The van der Waals surface area contributed by atoms with Crippen molar-refractivity contribution in [3.63, 3.8) is 0 Å². The number of hydrogen-bond acceptors (Lipinski definition) is 4. The Kier molecular flexibility index (Phi) is 9.91. The fourth-order valence-electron chi connectivity index (χ4n) is 5.28. The summed E-state index contributed by atoms with van der Waals surface area (Å²) in [4.78, 5) is 25.1. The molecule has 43 heavy (non-hydrogen) atoms. The molecule has 3 aromatic carbocycles. The minimum atomic E-state index is -0.778. The first-order valence-corrected chi connectivity index (χ1v) is 15.2. The number of aromatic nitrogens is 1. The molecule has 0 saturated heterocycles. The van der Waals surface area contributed by atoms with Crippen LogP contribution in [0.4, 0.5) is 0 Å². The van der Waals surface area contributed by atoms with Crippen molar-refractivity contribution in [2.45, 2.75) is 79.5 Å². The summed E-state index contributed by atoms with van der Waals surface area (Å²) in [5.74, 6) is 0.295. The van der Waals surface area contributed by atoms with E-state index in [2.05, 4.69) is 75.7 Å². The van der Waals surface area contributed by atoms with Gasteiger partial charge >= 0.3 is 5.97 Å². The summed E-state index contributed by atoms with van der Waals surface area (Å²) in [7, 11) is 1.33. The fourth-order valence-corrected chi connectivity index (χ4v) is 5.44. The van der Waals surface area contributed by atoms with Gasteiger partial charge in [0.2, 0.25) is 0 Å². The van der Waals surface area contributed by atoms with Gasteiger partial charge in [-0.2, -0.15) is 0 Å². The highest BCUT2D eigenvalue weighted by atomic mass is 35.5. The van der Waals surface area contributed by atoms with E-state index in [-0.39, 0.29) is 11.3 Å². The molecule has 1 heterocycles. The van der Waals surface area contributed by atoms with Crippen molar-refractivity contribution < 1.29 is 19.1 Å². The number of fused-ring (bicyclic) bond motifs is 1. The Morgan fingerprint density at radius 1 is 0.953 bits per heavy atom. The lowest BCUT2D eigenvalue weighted by molar-refractivity contribution is -0.147. The molecule has 0 spiro atoms. The summed E-state index contributed by atoms with van der Waals surface area (Å²) >= 11 is 6.40. The van der Waals surface area contributed by atoms with Crippen molar-refractivity contribution in [3.05, 3.63) is 99.2 Å². The molecule has 1 amide bonds. The minimum Gasteiger partial charge on any atom is -0.477 e. The van der Waals surface area contributed by atoms with Gasteiger partial charge in [-0.25, -0.2) is 4.79 Å². The van der Waals surface area contributed by atoms with E-state index in [1.54, 1.807) is 13.0 Å². The standard InChI is InChI=1S/C36H43ClN2O4/c1-22(2)21-39-23(3)30(17-26-11-16-31(37)33(18-26)43-24(4)35(41)42-8)29-15-12-27(19-32(29)39)34(40)38-20-25-9-13-28(14-10-25)36(5,6)7/h9-16,18-19,22,24H,17,20-21H2,1-8H3,(H,38,40)/t24-/m1/s1. The van der Waals surface area contributed by atoms with Crippen LogP contribution in [0.15, 0.2) is 60.7 Å². The Labute approximate surface area is 260 Å². The van der Waals surface area contributed by atoms with E-state index in [1.165, 1.54) is 18.2 Å². The van der Waals surface area contributed by atoms with Gasteiger partial charge in [-0.15, -0.1) is 0 Å². The number of halogens is 1. The van der Waals surface area contributed by atoms with Crippen LogP contribution in [0.2, 0.25) is 5.02 Å². The Morgan fingerprint density at radius 3 is 2.26 bits per heavy atom. The van der Waals surface area contributed by atoms with Crippen LogP contribution in [0.5, 0.6) is 5.75 Å². The van der Waals surface area contributed by atoms with Crippen molar-refractivity contribution in [2.24, 2.45) is 5.92 Å². The molecule has 4 aromatic rings. The van der Waals surface area contributed by atoms with Gasteiger partial charge in [0.1, 0.15) is 5.75 Å². The van der Waals surface area contributed by atoms with Gasteiger partial charge < -0.3 is 19.4 Å². The monoisotopic (exact) mass is 602 g/mol. The van der Waals surface area contributed by atoms with E-state index in [0.29, 0.717) is 35.2 Å². The van der Waals surface area contributed by atoms with Gasteiger partial charge in [-0.1, -0.05) is 82.6 Å². The molecule has 0 fully saturated rings. The zero-order chi connectivity index (χ0) is 31.5. The number of benzene rings is 3. The lowest BCUT2D eigenvalue weighted by Gasteiger charge is -2.19. The number of hydrogen-bond donors (Lipinski definition) is 1. The van der Waals surface area contributed by atoms with E-state index in [9.17, 15) is 9.59 Å². The third kappa shape index (κ3) is 7.61. The molecular weight excluding hydrogens is 560 g/mol. The average molecular weight is 603 g/mol. The first-order chi connectivity index (χ1) is 20.3. The summed E-state index contributed by atoms with van der Waals surface area (Å²) in [5, 5.41) is 4.63. The molecule has 1 aromatic heterocycles. The van der Waals surface area contributed by atoms with Crippen molar-refractivity contribution in [3.8, 4) is 5.75 Å². The van der Waals surface area contributed by atoms with Crippen LogP contribution in [0.1, 0.15) is 79.8 Å². The SMILES string of the molecule is COC(=O)[C@@H](C)Oc1cc(Cc2c(C)n(CC(C)C)c3cc(C(=O)NCc4ccc(C(C)(C)C)cc4)ccc23)ccc1Cl. The van der Waals surface area contributed by atoms with Gasteiger partial charge in [0, 0.05) is 35.2 Å². The number of nitrogens with one attached hydrogen (secondary N) is 1. The largest absolute Gasteiger partial charge is 0.477 e. The number of rotatable bonds is 10. The highest BCUT2D eigenvalue weighted by molar-refractivity contribution is 6.32. The zero-order valence-corrected chi connectivity index (χ0v) is 27.3. The van der Waals surface area contributed by atoms with Crippen molar-refractivity contribution >= 4 is 34.4 Å². The number of nitrogens with zero attached hydrogens (tertiary/aromatic N) is 1. The van der Waals surface area contributed by atoms with Crippen LogP contribution in [0.25, 0.3) is 10.9 Å². The lowest BCUT2D eigenvalue weighted by Crippen LogP contribution is -2.25. The molecule has 0 aliphatic heterocycles. The van der Waals surface area contributed by atoms with E-state index < -0.39 is 12.1 Å². The third-order valence-corrected chi connectivity index (χ3v) is 8.06. The molecule has 4 rings (SSSR count). The van der Waals surface area contributed by atoms with Gasteiger partial charge in [0.05, 0.1) is 12.1 Å². The molecule has 1 atom stereocenters. The normalized spacial score (nSPS) is 12.4. The van der Waals surface area contributed by atoms with E-state index in [4.69, 9.17) is 21.1 Å². The van der Waals surface area contributed by atoms with Gasteiger partial charge in [-0.05, 0) is 78.1 Å². The Morgan fingerprint density at radius 2 is 1.63 bits per heavy atom. The van der Waals surface area contributed by atoms with E-state index in [0.717, 1.165) is 34.3 Å². The molecule has 6 nitrogen and oxygen atoms in total. The second-order valence-corrected chi connectivity index (χ2v) is 13.1. The molecule has 0 saturated carbocycles. The van der Waals surface area contributed by atoms with Crippen molar-refractivity contribution in [2.75, 3.05) is 7.11 Å². The molecule has 0 radical (unpaired) electrons. The second-order valence-electron chi connectivity index (χ2n) is 12.7. The highest BCUT2D eigenvalue weighted by Gasteiger charge is 2.20. The summed E-state index contributed by atoms with van der Waals surface area (Å²) in [6, 6.07) is 20.0. The number of esters is 1. The minimum absolute atomic E-state index is 0.0891. The van der Waals surface area contributed by atoms with Gasteiger partial charge in [0.15, 0.2) is 6.10 Å². The second kappa shape index (κ2) is 13.3. The molecule has 1 N–H and O–H groups in total. The van der Waals surface area contributed by atoms with Crippen LogP contribution in [0.3, 0.4) is 0 Å². The first-order valence-electron chi connectivity index (χ1n) is 14.8. The van der Waals surface area contributed by atoms with Crippen molar-refractivity contribution in [1.82, 2.24) is 9.88 Å². The maximum Gasteiger partial charge on any atom is 0.346 e. The smallest absolute Gasteiger partial charge is 0.346 e. The predicted molar refractivity (Wildman–Crippen MR) is 174 cm³/mol. The molecule has 0 bridgehead atoms. The fraction of sp³-hybridized carbons (Fsp3) is 0.389. The maximum atomic E-state index is 13.3. The first kappa shape index (κ1) is 32.2. The zero-order valence-electron chi connectivity index (χ0n) is 26.5. The van der Waals surface area contributed by atoms with E-state index in [1.807, 2.05) is 30.3 Å². The lowest BCUT2D eigenvalue weighted by atomic mass is 9.87. The van der Waals surface area contributed by atoms with Gasteiger partial charge in [-0.3, -0.25) is 4.79 Å². The molecular formula is C36H43ClN2O4. The molecule has 228 valence electrons. The molecule has 7 heteroatoms. The van der Waals surface area contributed by atoms with Crippen LogP contribution in [-0.2, 0) is 34.5 Å². The van der Waals surface area contributed by atoms with Crippen LogP contribution < -0.4 is 10.1 Å². The molecule has 0 unspecified atom stereocenters. The van der Waals surface area contributed by atoms with Crippen LogP contribution in [-0.4, -0.2) is 29.7 Å². The average Bonchev–Trinajstić information content (AvgIpc) is 3.21. The molecule has 0 aliphatic carbocycles.